The summed E-state index contributed by atoms with van der Waals surface area (Å²) in [6.07, 6.45) is 5.14. The van der Waals surface area contributed by atoms with Crippen LogP contribution in [0, 0.1) is 0 Å². The minimum absolute atomic E-state index is 0.756. The minimum atomic E-state index is 0.756. The highest BCUT2D eigenvalue weighted by atomic mass is 14.8. The van der Waals surface area contributed by atoms with E-state index < -0.39 is 0 Å². The molecule has 0 radical (unpaired) electrons. The van der Waals surface area contributed by atoms with Crippen LogP contribution in [0.2, 0.25) is 12.6 Å². The Labute approximate surface area is 65.7 Å². The average Bonchev–Trinajstić information content (AvgIpc) is 1.99. The third-order valence-electron chi connectivity index (χ3n) is 1.95. The molecule has 2 heteroatoms. The number of hydrogen-bond acceptors (Lipinski definition) is 1. The highest BCUT2D eigenvalue weighted by molar-refractivity contribution is 6.55. The van der Waals surface area contributed by atoms with Crippen LogP contribution in [0.3, 0.4) is 0 Å². The van der Waals surface area contributed by atoms with E-state index in [-0.39, 0.29) is 0 Å². The molecule has 0 heterocycles. The highest BCUT2D eigenvalue weighted by Crippen LogP contribution is 1.94. The van der Waals surface area contributed by atoms with Crippen LogP contribution < -0.4 is 5.23 Å². The summed E-state index contributed by atoms with van der Waals surface area (Å²) in [5, 5.41) is 3.52. The lowest BCUT2D eigenvalue weighted by Crippen LogP contribution is -2.32. The molecule has 0 unspecified atom stereocenters. The van der Waals surface area contributed by atoms with Crippen molar-refractivity contribution >= 4 is 6.85 Å². The standard InChI is InChI=1S/C8H20BN/c1-4-7-8-10-9(5-2)6-3/h10H,4-8H2,1-3H3. The first-order chi connectivity index (χ1) is 4.85. The van der Waals surface area contributed by atoms with Crippen molar-refractivity contribution in [2.75, 3.05) is 6.54 Å². The Kier molecular flexibility index (Phi) is 7.15. The molecule has 0 atom stereocenters. The Morgan fingerprint density at radius 2 is 1.70 bits per heavy atom. The molecule has 0 bridgehead atoms. The second-order valence-corrected chi connectivity index (χ2v) is 2.82. The Morgan fingerprint density at radius 1 is 1.10 bits per heavy atom. The van der Waals surface area contributed by atoms with Crippen molar-refractivity contribution < 1.29 is 0 Å². The van der Waals surface area contributed by atoms with E-state index in [2.05, 4.69) is 26.0 Å². The van der Waals surface area contributed by atoms with Crippen LogP contribution in [0.25, 0.3) is 0 Å². The zero-order valence-corrected chi connectivity index (χ0v) is 7.61. The molecule has 0 aliphatic heterocycles. The van der Waals surface area contributed by atoms with Crippen LogP contribution in [0.1, 0.15) is 33.6 Å². The molecule has 0 aromatic rings. The van der Waals surface area contributed by atoms with Crippen LogP contribution >= 0.6 is 0 Å². The quantitative estimate of drug-likeness (QED) is 0.442. The molecule has 0 amide bonds. The fourth-order valence-electron chi connectivity index (χ4n) is 1.06. The maximum absolute atomic E-state index is 3.52. The summed E-state index contributed by atoms with van der Waals surface area (Å²) in [4.78, 5) is 0. The summed E-state index contributed by atoms with van der Waals surface area (Å²) < 4.78 is 0. The van der Waals surface area contributed by atoms with Gasteiger partial charge in [-0.2, -0.15) is 0 Å². The van der Waals surface area contributed by atoms with Gasteiger partial charge in [-0.25, -0.2) is 0 Å². The van der Waals surface area contributed by atoms with Crippen molar-refractivity contribution in [1.82, 2.24) is 5.23 Å². The summed E-state index contributed by atoms with van der Waals surface area (Å²) in [6, 6.07) is 0. The Balaban J connectivity index is 3.09. The van der Waals surface area contributed by atoms with Gasteiger partial charge < -0.3 is 5.23 Å². The van der Waals surface area contributed by atoms with Gasteiger partial charge in [-0.05, 0) is 13.0 Å². The fraction of sp³-hybridized carbons (Fsp3) is 1.00. The molecule has 0 aliphatic carbocycles. The minimum Gasteiger partial charge on any atom is -0.356 e. The van der Waals surface area contributed by atoms with E-state index in [0.717, 1.165) is 6.85 Å². The fourth-order valence-corrected chi connectivity index (χ4v) is 1.06. The molecule has 0 spiro atoms. The first-order valence-corrected chi connectivity index (χ1v) is 4.58. The molecule has 0 fully saturated rings. The molecule has 0 saturated carbocycles. The van der Waals surface area contributed by atoms with Crippen molar-refractivity contribution in [1.29, 1.82) is 0 Å². The van der Waals surface area contributed by atoms with Crippen LogP contribution in [0.15, 0.2) is 0 Å². The van der Waals surface area contributed by atoms with E-state index in [0.29, 0.717) is 0 Å². The first-order valence-electron chi connectivity index (χ1n) is 4.58. The monoisotopic (exact) mass is 141 g/mol. The molecule has 60 valence electrons. The predicted octanol–water partition coefficient (Wildman–Crippen LogP) is 2.41. The van der Waals surface area contributed by atoms with Gasteiger partial charge in [-0.1, -0.05) is 39.8 Å². The lowest BCUT2D eigenvalue weighted by atomic mass is 9.57. The second-order valence-electron chi connectivity index (χ2n) is 2.82. The summed E-state index contributed by atoms with van der Waals surface area (Å²) in [7, 11) is 0. The number of hydrogen-bond donors (Lipinski definition) is 1. The van der Waals surface area contributed by atoms with Crippen molar-refractivity contribution in [2.45, 2.75) is 46.3 Å². The first kappa shape index (κ1) is 10.0. The lowest BCUT2D eigenvalue weighted by molar-refractivity contribution is 0.757. The zero-order chi connectivity index (χ0) is 7.82. The average molecular weight is 141 g/mol. The largest absolute Gasteiger partial charge is 0.356 e. The summed E-state index contributed by atoms with van der Waals surface area (Å²) in [6.45, 7) is 8.67. The van der Waals surface area contributed by atoms with E-state index in [1.165, 1.54) is 32.0 Å². The van der Waals surface area contributed by atoms with Crippen molar-refractivity contribution in [3.63, 3.8) is 0 Å². The Hall–Kier alpha value is 0.0249. The van der Waals surface area contributed by atoms with Gasteiger partial charge in [0.15, 0.2) is 0 Å². The van der Waals surface area contributed by atoms with Crippen LogP contribution in [0.4, 0.5) is 0 Å². The zero-order valence-electron chi connectivity index (χ0n) is 7.61. The third kappa shape index (κ3) is 4.86. The second kappa shape index (κ2) is 7.14. The van der Waals surface area contributed by atoms with Gasteiger partial charge in [0, 0.05) is 0 Å². The van der Waals surface area contributed by atoms with E-state index >= 15 is 0 Å². The van der Waals surface area contributed by atoms with Gasteiger partial charge in [-0.3, -0.25) is 0 Å². The molecular weight excluding hydrogens is 121 g/mol. The predicted molar refractivity (Wildman–Crippen MR) is 49.6 cm³/mol. The molecule has 1 nitrogen and oxygen atoms in total. The van der Waals surface area contributed by atoms with Gasteiger partial charge in [0.2, 0.25) is 6.85 Å². The topological polar surface area (TPSA) is 12.0 Å². The van der Waals surface area contributed by atoms with Crippen LogP contribution in [-0.4, -0.2) is 13.4 Å². The highest BCUT2D eigenvalue weighted by Gasteiger charge is 2.05. The number of unbranched alkanes of at least 4 members (excludes halogenated alkanes) is 1. The molecule has 0 rings (SSSR count). The Morgan fingerprint density at radius 3 is 2.10 bits per heavy atom. The van der Waals surface area contributed by atoms with Gasteiger partial charge in [0.05, 0.1) is 0 Å². The van der Waals surface area contributed by atoms with Crippen LogP contribution in [-0.2, 0) is 0 Å². The Bertz CT molecular complexity index is 62.3. The maximum atomic E-state index is 3.52. The van der Waals surface area contributed by atoms with Gasteiger partial charge in [0.25, 0.3) is 0 Å². The van der Waals surface area contributed by atoms with E-state index in [1.807, 2.05) is 0 Å². The molecule has 0 aromatic carbocycles. The smallest absolute Gasteiger partial charge is 0.219 e. The van der Waals surface area contributed by atoms with Gasteiger partial charge >= 0.3 is 0 Å². The number of rotatable bonds is 6. The normalized spacial score (nSPS) is 9.90. The molecule has 0 aromatic heterocycles. The van der Waals surface area contributed by atoms with E-state index in [1.54, 1.807) is 0 Å². The van der Waals surface area contributed by atoms with E-state index in [9.17, 15) is 0 Å². The van der Waals surface area contributed by atoms with Crippen LogP contribution in [0.5, 0.6) is 0 Å². The lowest BCUT2D eigenvalue weighted by Gasteiger charge is -2.09. The van der Waals surface area contributed by atoms with Gasteiger partial charge in [0.1, 0.15) is 0 Å². The molecule has 1 N–H and O–H groups in total. The summed E-state index contributed by atoms with van der Waals surface area (Å²) in [5.41, 5.74) is 0. The van der Waals surface area contributed by atoms with E-state index in [4.69, 9.17) is 0 Å². The maximum Gasteiger partial charge on any atom is 0.219 e. The number of nitrogens with one attached hydrogen (secondary N) is 1. The molecule has 0 aliphatic rings. The SMILES string of the molecule is CCCCNB(CC)CC. The molecule has 0 saturated heterocycles. The van der Waals surface area contributed by atoms with Crippen molar-refractivity contribution in [2.24, 2.45) is 0 Å². The van der Waals surface area contributed by atoms with Crippen molar-refractivity contribution in [3.05, 3.63) is 0 Å². The summed E-state index contributed by atoms with van der Waals surface area (Å²) in [5.74, 6) is 0. The summed E-state index contributed by atoms with van der Waals surface area (Å²) >= 11 is 0. The van der Waals surface area contributed by atoms with Crippen molar-refractivity contribution in [3.8, 4) is 0 Å². The van der Waals surface area contributed by atoms with Gasteiger partial charge in [-0.15, -0.1) is 0 Å². The third-order valence-corrected chi connectivity index (χ3v) is 1.95. The molecular formula is C8H20BN. The molecule has 10 heavy (non-hydrogen) atoms.